The molecule has 1 aliphatic rings. The highest BCUT2D eigenvalue weighted by Gasteiger charge is 2.29. The average Bonchev–Trinajstić information content (AvgIpc) is 3.35. The summed E-state index contributed by atoms with van der Waals surface area (Å²) in [7, 11) is 0. The fraction of sp³-hybridized carbons (Fsp3) is 0.227. The lowest BCUT2D eigenvalue weighted by Gasteiger charge is -2.26. The van der Waals surface area contributed by atoms with Gasteiger partial charge in [-0.15, -0.1) is 10.2 Å². The van der Waals surface area contributed by atoms with Gasteiger partial charge in [0.15, 0.2) is 28.6 Å². The van der Waals surface area contributed by atoms with Crippen molar-refractivity contribution in [3.63, 3.8) is 0 Å². The quantitative estimate of drug-likeness (QED) is 0.434. The number of para-hydroxylation sites is 3. The van der Waals surface area contributed by atoms with Crippen molar-refractivity contribution in [2.75, 3.05) is 6.61 Å². The van der Waals surface area contributed by atoms with E-state index in [4.69, 9.17) is 14.0 Å². The van der Waals surface area contributed by atoms with Crippen molar-refractivity contribution in [1.29, 1.82) is 0 Å². The Labute approximate surface area is 178 Å². The van der Waals surface area contributed by atoms with Gasteiger partial charge in [-0.1, -0.05) is 47.3 Å². The number of thioether (sulfide) groups is 1. The van der Waals surface area contributed by atoms with Gasteiger partial charge in [0.25, 0.3) is 0 Å². The van der Waals surface area contributed by atoms with Crippen molar-refractivity contribution >= 4 is 11.8 Å². The Morgan fingerprint density at radius 1 is 1.00 bits per heavy atom. The summed E-state index contributed by atoms with van der Waals surface area (Å²) >= 11 is 1.59. The lowest BCUT2D eigenvalue weighted by atomic mass is 10.2. The highest BCUT2D eigenvalue weighted by atomic mass is 32.2. The smallest absolute Gasteiger partial charge is 0.196 e. The second-order valence-corrected chi connectivity index (χ2v) is 7.91. The zero-order chi connectivity index (χ0) is 20.5. The molecule has 0 amide bonds. The van der Waals surface area contributed by atoms with Crippen LogP contribution in [0.25, 0.3) is 5.69 Å². The zero-order valence-electron chi connectivity index (χ0n) is 16.6. The number of hydrogen-bond donors (Lipinski definition) is 0. The van der Waals surface area contributed by atoms with E-state index in [-0.39, 0.29) is 6.10 Å². The number of benzene rings is 2. The number of ether oxygens (including phenoxy) is 2. The summed E-state index contributed by atoms with van der Waals surface area (Å²) in [6.07, 6.45) is -0.360. The second kappa shape index (κ2) is 7.87. The van der Waals surface area contributed by atoms with Crippen LogP contribution in [0, 0.1) is 13.8 Å². The molecule has 8 heteroatoms. The maximum absolute atomic E-state index is 6.20. The number of aryl methyl sites for hydroxylation is 2. The van der Waals surface area contributed by atoms with Gasteiger partial charge in [0, 0.05) is 17.0 Å². The van der Waals surface area contributed by atoms with Crippen molar-refractivity contribution in [1.82, 2.24) is 19.9 Å². The predicted molar refractivity (Wildman–Crippen MR) is 112 cm³/mol. The standard InChI is InChI=1S/C22H20N4O3S/c1-14-17(15(2)29-25-14)13-30-22-24-23-21(26(22)16-8-4-3-5-9-16)20-12-27-18-10-6-7-11-19(18)28-20/h3-11,20H,12-13H2,1-2H3. The number of hydrogen-bond acceptors (Lipinski definition) is 7. The molecule has 0 spiro atoms. The molecule has 0 fully saturated rings. The van der Waals surface area contributed by atoms with E-state index in [0.717, 1.165) is 33.6 Å². The summed E-state index contributed by atoms with van der Waals surface area (Å²) in [5.41, 5.74) is 2.95. The normalized spacial score (nSPS) is 15.3. The Morgan fingerprint density at radius 3 is 2.53 bits per heavy atom. The fourth-order valence-electron chi connectivity index (χ4n) is 3.39. The van der Waals surface area contributed by atoms with Crippen LogP contribution >= 0.6 is 11.8 Å². The molecular weight excluding hydrogens is 400 g/mol. The third kappa shape index (κ3) is 3.43. The van der Waals surface area contributed by atoms with Crippen LogP contribution in [0.4, 0.5) is 0 Å². The second-order valence-electron chi connectivity index (χ2n) is 6.97. The maximum atomic E-state index is 6.20. The van der Waals surface area contributed by atoms with Gasteiger partial charge in [0.2, 0.25) is 0 Å². The topological polar surface area (TPSA) is 75.2 Å². The third-order valence-electron chi connectivity index (χ3n) is 5.00. The maximum Gasteiger partial charge on any atom is 0.196 e. The molecule has 5 rings (SSSR count). The van der Waals surface area contributed by atoms with E-state index in [2.05, 4.69) is 15.4 Å². The van der Waals surface area contributed by atoms with Crippen molar-refractivity contribution in [2.45, 2.75) is 30.9 Å². The average molecular weight is 420 g/mol. The van der Waals surface area contributed by atoms with Gasteiger partial charge in [-0.05, 0) is 38.1 Å². The molecule has 0 radical (unpaired) electrons. The molecule has 1 atom stereocenters. The molecule has 30 heavy (non-hydrogen) atoms. The third-order valence-corrected chi connectivity index (χ3v) is 5.95. The monoisotopic (exact) mass is 420 g/mol. The Balaban J connectivity index is 1.49. The number of aromatic nitrogens is 4. The minimum atomic E-state index is -0.360. The van der Waals surface area contributed by atoms with Crippen molar-refractivity contribution in [3.8, 4) is 17.2 Å². The van der Waals surface area contributed by atoms with Gasteiger partial charge in [-0.25, -0.2) is 0 Å². The van der Waals surface area contributed by atoms with E-state index in [1.165, 1.54) is 0 Å². The van der Waals surface area contributed by atoms with Crippen LogP contribution in [0.3, 0.4) is 0 Å². The van der Waals surface area contributed by atoms with E-state index < -0.39 is 0 Å². The SMILES string of the molecule is Cc1noc(C)c1CSc1nnc(C2COc3ccccc3O2)n1-c1ccccc1. The van der Waals surface area contributed by atoms with E-state index in [0.29, 0.717) is 23.9 Å². The van der Waals surface area contributed by atoms with Gasteiger partial charge in [-0.3, -0.25) is 4.57 Å². The van der Waals surface area contributed by atoms with Gasteiger partial charge in [0.1, 0.15) is 12.4 Å². The molecule has 7 nitrogen and oxygen atoms in total. The van der Waals surface area contributed by atoms with Crippen LogP contribution in [0.1, 0.15) is 28.9 Å². The highest BCUT2D eigenvalue weighted by molar-refractivity contribution is 7.98. The minimum Gasteiger partial charge on any atom is -0.485 e. The first kappa shape index (κ1) is 18.7. The van der Waals surface area contributed by atoms with Crippen LogP contribution in [0.5, 0.6) is 11.5 Å². The number of rotatable bonds is 5. The van der Waals surface area contributed by atoms with Gasteiger partial charge in [0.05, 0.1) is 5.69 Å². The highest BCUT2D eigenvalue weighted by Crippen LogP contribution is 2.37. The van der Waals surface area contributed by atoms with Crippen LogP contribution in [-0.2, 0) is 5.75 Å². The van der Waals surface area contributed by atoms with Crippen LogP contribution in [0.2, 0.25) is 0 Å². The number of nitrogens with zero attached hydrogens (tertiary/aromatic N) is 4. The summed E-state index contributed by atoms with van der Waals surface area (Å²) in [5.74, 6) is 3.68. The van der Waals surface area contributed by atoms with E-state index >= 15 is 0 Å². The van der Waals surface area contributed by atoms with E-state index in [1.807, 2.05) is 73.0 Å². The van der Waals surface area contributed by atoms with Crippen molar-refractivity contribution < 1.29 is 14.0 Å². The molecule has 0 aliphatic carbocycles. The van der Waals surface area contributed by atoms with E-state index in [1.54, 1.807) is 11.8 Å². The molecule has 2 aromatic carbocycles. The fourth-order valence-corrected chi connectivity index (χ4v) is 4.51. The van der Waals surface area contributed by atoms with Gasteiger partial charge in [-0.2, -0.15) is 0 Å². The van der Waals surface area contributed by atoms with E-state index in [9.17, 15) is 0 Å². The molecule has 2 aromatic heterocycles. The number of fused-ring (bicyclic) bond motifs is 1. The molecular formula is C22H20N4O3S. The lowest BCUT2D eigenvalue weighted by Crippen LogP contribution is -2.24. The predicted octanol–water partition coefficient (Wildman–Crippen LogP) is 4.68. The first-order valence-electron chi connectivity index (χ1n) is 9.64. The van der Waals surface area contributed by atoms with Gasteiger partial charge >= 0.3 is 0 Å². The molecule has 0 N–H and O–H groups in total. The van der Waals surface area contributed by atoms with Crippen LogP contribution in [0.15, 0.2) is 64.3 Å². The molecule has 4 aromatic rings. The first-order valence-corrected chi connectivity index (χ1v) is 10.6. The minimum absolute atomic E-state index is 0.360. The summed E-state index contributed by atoms with van der Waals surface area (Å²) in [6, 6.07) is 17.7. The molecule has 0 bridgehead atoms. The summed E-state index contributed by atoms with van der Waals surface area (Å²) in [6.45, 7) is 4.24. The lowest BCUT2D eigenvalue weighted by molar-refractivity contribution is 0.0835. The molecule has 1 unspecified atom stereocenters. The molecule has 3 heterocycles. The summed E-state index contributed by atoms with van der Waals surface area (Å²) < 4.78 is 19.4. The molecule has 0 saturated heterocycles. The van der Waals surface area contributed by atoms with Crippen LogP contribution < -0.4 is 9.47 Å². The summed E-state index contributed by atoms with van der Waals surface area (Å²) in [4.78, 5) is 0. The Hall–Kier alpha value is -3.26. The Bertz CT molecular complexity index is 1150. The Kier molecular flexibility index (Phi) is 4.92. The molecule has 1 aliphatic heterocycles. The largest absolute Gasteiger partial charge is 0.485 e. The van der Waals surface area contributed by atoms with Crippen molar-refractivity contribution in [3.05, 3.63) is 77.4 Å². The Morgan fingerprint density at radius 2 is 1.77 bits per heavy atom. The molecule has 152 valence electrons. The molecule has 0 saturated carbocycles. The van der Waals surface area contributed by atoms with Crippen molar-refractivity contribution in [2.24, 2.45) is 0 Å². The van der Waals surface area contributed by atoms with Crippen LogP contribution in [-0.4, -0.2) is 26.5 Å². The zero-order valence-corrected chi connectivity index (χ0v) is 17.4. The first-order chi connectivity index (χ1) is 14.7. The van der Waals surface area contributed by atoms with Gasteiger partial charge < -0.3 is 14.0 Å². The summed E-state index contributed by atoms with van der Waals surface area (Å²) in [5, 5.41) is 13.8.